The summed E-state index contributed by atoms with van der Waals surface area (Å²) in [5.41, 5.74) is 1.64. The molecule has 1 saturated heterocycles. The molecule has 0 radical (unpaired) electrons. The maximum atomic E-state index is 12.7. The van der Waals surface area contributed by atoms with E-state index < -0.39 is 33.0 Å². The lowest BCUT2D eigenvalue weighted by Gasteiger charge is -2.18. The van der Waals surface area contributed by atoms with Gasteiger partial charge in [-0.25, -0.2) is 18.1 Å². The third-order valence-corrected chi connectivity index (χ3v) is 6.85. The zero-order valence-electron chi connectivity index (χ0n) is 18.8. The number of hydrogen-bond acceptors (Lipinski definition) is 7. The van der Waals surface area contributed by atoms with E-state index >= 15 is 0 Å². The zero-order valence-corrected chi connectivity index (χ0v) is 19.6. The molecule has 1 N–H and O–H groups in total. The van der Waals surface area contributed by atoms with Crippen LogP contribution in [0.3, 0.4) is 0 Å². The summed E-state index contributed by atoms with van der Waals surface area (Å²) in [7, 11) is -3.95. The quantitative estimate of drug-likeness (QED) is 0.276. The van der Waals surface area contributed by atoms with E-state index in [1.165, 1.54) is 24.3 Å². The van der Waals surface area contributed by atoms with Crippen molar-refractivity contribution in [2.45, 2.75) is 17.4 Å². The van der Waals surface area contributed by atoms with Crippen LogP contribution in [0.25, 0.3) is 6.08 Å². The molecule has 1 heterocycles. The van der Waals surface area contributed by atoms with E-state index in [2.05, 4.69) is 4.72 Å². The molecule has 184 valence electrons. The van der Waals surface area contributed by atoms with Crippen LogP contribution in [0.15, 0.2) is 89.8 Å². The van der Waals surface area contributed by atoms with Crippen LogP contribution in [0.2, 0.25) is 0 Å². The number of non-ortho nitro benzene ring substituents is 1. The second-order valence-electron chi connectivity index (χ2n) is 7.94. The van der Waals surface area contributed by atoms with Gasteiger partial charge < -0.3 is 4.74 Å². The van der Waals surface area contributed by atoms with Crippen molar-refractivity contribution >= 4 is 39.5 Å². The third-order valence-electron chi connectivity index (χ3n) is 5.45. The molecule has 1 fully saturated rings. The summed E-state index contributed by atoms with van der Waals surface area (Å²) >= 11 is 0. The average molecular weight is 508 g/mol. The third kappa shape index (κ3) is 5.76. The highest BCUT2D eigenvalue weighted by Crippen LogP contribution is 2.21. The van der Waals surface area contributed by atoms with Gasteiger partial charge in [0.05, 0.1) is 15.9 Å². The number of imide groups is 1. The Labute approximate surface area is 207 Å². The molecule has 0 saturated carbocycles. The minimum atomic E-state index is -3.95. The van der Waals surface area contributed by atoms with Crippen LogP contribution in [-0.4, -0.2) is 42.9 Å². The van der Waals surface area contributed by atoms with Gasteiger partial charge in [-0.1, -0.05) is 42.5 Å². The minimum absolute atomic E-state index is 0.120. The maximum Gasteiger partial charge on any atom is 0.417 e. The standard InChI is InChI=1S/C25H21N3O7S/c29-24(27-22(17-35-25(27)30)16-19-4-2-1-3-5-19)15-8-18-6-9-20(10-7-18)26-36(33,34)23-13-11-21(12-14-23)28(31)32/h1-15,22,26H,16-17H2/t22-/m0/s1. The maximum absolute atomic E-state index is 12.7. The van der Waals surface area contributed by atoms with Crippen molar-refractivity contribution in [1.29, 1.82) is 0 Å². The number of nitrogens with zero attached hydrogens (tertiary/aromatic N) is 2. The smallest absolute Gasteiger partial charge is 0.417 e. The average Bonchev–Trinajstić information content (AvgIpc) is 3.23. The molecule has 1 atom stereocenters. The van der Waals surface area contributed by atoms with Gasteiger partial charge in [0.1, 0.15) is 6.61 Å². The van der Waals surface area contributed by atoms with Gasteiger partial charge in [0.2, 0.25) is 0 Å². The van der Waals surface area contributed by atoms with E-state index in [1.54, 1.807) is 12.1 Å². The first-order valence-corrected chi connectivity index (χ1v) is 12.3. The summed E-state index contributed by atoms with van der Waals surface area (Å²) in [5, 5.41) is 10.7. The molecule has 2 amide bonds. The lowest BCUT2D eigenvalue weighted by molar-refractivity contribution is -0.384. The van der Waals surface area contributed by atoms with Crippen molar-refractivity contribution in [3.8, 4) is 0 Å². The number of ether oxygens (including phenoxy) is 1. The van der Waals surface area contributed by atoms with Crippen molar-refractivity contribution in [3.63, 3.8) is 0 Å². The van der Waals surface area contributed by atoms with Gasteiger partial charge in [-0.05, 0) is 47.9 Å². The van der Waals surface area contributed by atoms with Crippen LogP contribution >= 0.6 is 0 Å². The number of nitro groups is 1. The number of sulfonamides is 1. The second kappa shape index (κ2) is 10.4. The molecule has 36 heavy (non-hydrogen) atoms. The van der Waals surface area contributed by atoms with E-state index in [0.717, 1.165) is 34.7 Å². The van der Waals surface area contributed by atoms with Crippen LogP contribution in [0, 0.1) is 10.1 Å². The Kier molecular flexibility index (Phi) is 7.11. The Morgan fingerprint density at radius 1 is 1.06 bits per heavy atom. The predicted molar refractivity (Wildman–Crippen MR) is 132 cm³/mol. The van der Waals surface area contributed by atoms with Crippen molar-refractivity contribution in [3.05, 3.63) is 106 Å². The monoisotopic (exact) mass is 507 g/mol. The second-order valence-corrected chi connectivity index (χ2v) is 9.62. The number of rotatable bonds is 8. The highest BCUT2D eigenvalue weighted by atomic mass is 32.2. The molecule has 4 rings (SSSR count). The summed E-state index contributed by atoms with van der Waals surface area (Å²) in [6, 6.07) is 19.8. The van der Waals surface area contributed by atoms with Crippen molar-refractivity contribution in [2.75, 3.05) is 11.3 Å². The number of carbonyl (C=O) groups excluding carboxylic acids is 2. The highest BCUT2D eigenvalue weighted by molar-refractivity contribution is 7.92. The molecule has 1 aliphatic heterocycles. The van der Waals surface area contributed by atoms with E-state index in [4.69, 9.17) is 4.74 Å². The van der Waals surface area contributed by atoms with E-state index in [1.807, 2.05) is 30.3 Å². The van der Waals surface area contributed by atoms with Gasteiger partial charge in [0.25, 0.3) is 21.6 Å². The van der Waals surface area contributed by atoms with E-state index in [0.29, 0.717) is 12.0 Å². The van der Waals surface area contributed by atoms with E-state index in [-0.39, 0.29) is 22.9 Å². The number of amides is 2. The van der Waals surface area contributed by atoms with Gasteiger partial charge in [0.15, 0.2) is 0 Å². The van der Waals surface area contributed by atoms with Crippen LogP contribution in [0.5, 0.6) is 0 Å². The molecule has 10 nitrogen and oxygen atoms in total. The Morgan fingerprint density at radius 3 is 2.36 bits per heavy atom. The van der Waals surface area contributed by atoms with Crippen LogP contribution < -0.4 is 4.72 Å². The molecule has 3 aromatic rings. The fourth-order valence-electron chi connectivity index (χ4n) is 3.64. The fourth-order valence-corrected chi connectivity index (χ4v) is 4.70. The molecule has 0 spiro atoms. The number of anilines is 1. The van der Waals surface area contributed by atoms with Gasteiger partial charge in [-0.15, -0.1) is 0 Å². The van der Waals surface area contributed by atoms with Crippen LogP contribution in [-0.2, 0) is 26.0 Å². The topological polar surface area (TPSA) is 136 Å². The minimum Gasteiger partial charge on any atom is -0.447 e. The normalized spacial score (nSPS) is 15.6. The highest BCUT2D eigenvalue weighted by Gasteiger charge is 2.36. The number of hydrogen-bond donors (Lipinski definition) is 1. The van der Waals surface area contributed by atoms with Crippen molar-refractivity contribution in [1.82, 2.24) is 4.90 Å². The van der Waals surface area contributed by atoms with Gasteiger partial charge in [-0.3, -0.25) is 19.6 Å². The lowest BCUT2D eigenvalue weighted by Crippen LogP contribution is -2.39. The van der Waals surface area contributed by atoms with E-state index in [9.17, 15) is 28.1 Å². The Hall–Kier alpha value is -4.51. The lowest BCUT2D eigenvalue weighted by atomic mass is 10.1. The van der Waals surface area contributed by atoms with Crippen molar-refractivity contribution in [2.24, 2.45) is 0 Å². The molecule has 0 unspecified atom stereocenters. The molecular formula is C25H21N3O7S. The zero-order chi connectivity index (χ0) is 25.7. The number of nitro benzene ring substituents is 1. The number of benzene rings is 3. The first-order chi connectivity index (χ1) is 17.2. The summed E-state index contributed by atoms with van der Waals surface area (Å²) in [4.78, 5) is 35.9. The predicted octanol–water partition coefficient (Wildman–Crippen LogP) is 4.00. The molecule has 11 heteroatoms. The number of cyclic esters (lactones) is 1. The summed E-state index contributed by atoms with van der Waals surface area (Å²) < 4.78 is 32.5. The Morgan fingerprint density at radius 2 is 1.72 bits per heavy atom. The van der Waals surface area contributed by atoms with Gasteiger partial charge in [-0.2, -0.15) is 0 Å². The van der Waals surface area contributed by atoms with Gasteiger partial charge in [0, 0.05) is 23.9 Å². The number of nitrogens with one attached hydrogen (secondary N) is 1. The molecular weight excluding hydrogens is 486 g/mol. The summed E-state index contributed by atoms with van der Waals surface area (Å²) in [6.07, 6.45) is 2.57. The van der Waals surface area contributed by atoms with Crippen LogP contribution in [0.1, 0.15) is 11.1 Å². The summed E-state index contributed by atoms with van der Waals surface area (Å²) in [6.45, 7) is 0.122. The molecule has 1 aliphatic rings. The fraction of sp³-hybridized carbons (Fsp3) is 0.120. The molecule has 0 bridgehead atoms. The molecule has 0 aromatic heterocycles. The first-order valence-electron chi connectivity index (χ1n) is 10.8. The van der Waals surface area contributed by atoms with Crippen molar-refractivity contribution < 1.29 is 27.7 Å². The first kappa shape index (κ1) is 24.6. The Balaban J connectivity index is 1.40. The summed E-state index contributed by atoms with van der Waals surface area (Å²) in [5.74, 6) is -0.513. The van der Waals surface area contributed by atoms with Crippen LogP contribution in [0.4, 0.5) is 16.2 Å². The molecule has 0 aliphatic carbocycles. The van der Waals surface area contributed by atoms with Gasteiger partial charge >= 0.3 is 6.09 Å². The number of carbonyl (C=O) groups is 2. The molecule has 3 aromatic carbocycles. The largest absolute Gasteiger partial charge is 0.447 e. The Bertz CT molecular complexity index is 1400. The SMILES string of the molecule is O=C(C=Cc1ccc(NS(=O)(=O)c2ccc([N+](=O)[O-])cc2)cc1)N1C(=O)OC[C@@H]1Cc1ccccc1.